The molecule has 1 heterocycles. The van der Waals surface area contributed by atoms with Gasteiger partial charge in [-0.3, -0.25) is 19.2 Å². The van der Waals surface area contributed by atoms with E-state index in [1.807, 2.05) is 26.8 Å². The predicted molar refractivity (Wildman–Crippen MR) is 133 cm³/mol. The summed E-state index contributed by atoms with van der Waals surface area (Å²) in [4.78, 5) is 24.2. The lowest BCUT2D eigenvalue weighted by molar-refractivity contribution is -0.137. The van der Waals surface area contributed by atoms with E-state index in [9.17, 15) is 18.0 Å². The molecule has 0 aliphatic rings. The fourth-order valence-electron chi connectivity index (χ4n) is 2.82. The molecule has 3 aromatic rings. The van der Waals surface area contributed by atoms with E-state index < -0.39 is 28.4 Å². The van der Waals surface area contributed by atoms with Crippen LogP contribution in [0, 0.1) is 20.8 Å². The van der Waals surface area contributed by atoms with Gasteiger partial charge < -0.3 is 4.74 Å². The number of ether oxygens (including phenoxy) is 1. The molecule has 3 rings (SSSR count). The Bertz CT molecular complexity index is 1290. The molecule has 0 fully saturated rings. The maximum absolute atomic E-state index is 13.5. The lowest BCUT2D eigenvalue weighted by Crippen LogP contribution is -2.38. The van der Waals surface area contributed by atoms with Gasteiger partial charge in [-0.2, -0.15) is 0 Å². The van der Waals surface area contributed by atoms with Gasteiger partial charge in [0.25, 0.3) is 10.0 Å². The number of amides is 1. The summed E-state index contributed by atoms with van der Waals surface area (Å²) < 4.78 is 33.1. The van der Waals surface area contributed by atoms with Crippen molar-refractivity contribution in [3.05, 3.63) is 59.2 Å². The van der Waals surface area contributed by atoms with E-state index in [-0.39, 0.29) is 15.8 Å². The topological polar surface area (TPSA) is 119 Å². The number of nitrogens with zero attached hydrogens (tertiary/aromatic N) is 3. The van der Waals surface area contributed by atoms with E-state index in [2.05, 4.69) is 20.3 Å². The monoisotopic (exact) mass is 520 g/mol. The van der Waals surface area contributed by atoms with Gasteiger partial charge in [0.15, 0.2) is 4.34 Å². The number of esters is 1. The number of hydrogen-bond acceptors (Lipinski definition) is 9. The summed E-state index contributed by atoms with van der Waals surface area (Å²) >= 11 is 2.21. The van der Waals surface area contributed by atoms with Gasteiger partial charge in [0, 0.05) is 0 Å². The van der Waals surface area contributed by atoms with E-state index in [1.54, 1.807) is 24.3 Å². The molecule has 0 bridgehead atoms. The van der Waals surface area contributed by atoms with Crippen molar-refractivity contribution >= 4 is 55.8 Å². The second-order valence-corrected chi connectivity index (χ2v) is 11.4. The Morgan fingerprint density at radius 2 is 1.76 bits per heavy atom. The highest BCUT2D eigenvalue weighted by Gasteiger charge is 2.28. The van der Waals surface area contributed by atoms with Crippen molar-refractivity contribution in [3.63, 3.8) is 0 Å². The molecule has 0 atom stereocenters. The van der Waals surface area contributed by atoms with Gasteiger partial charge in [-0.15, -0.1) is 10.2 Å². The first kappa shape index (κ1) is 25.7. The number of aryl methyl sites for hydroxylation is 3. The molecule has 12 heteroatoms. The molecule has 0 aliphatic carbocycles. The smallest absolute Gasteiger partial charge is 0.316 e. The third kappa shape index (κ3) is 6.33. The molecule has 0 radical (unpaired) electrons. The quantitative estimate of drug-likeness (QED) is 0.258. The predicted octanol–water partition coefficient (Wildman–Crippen LogP) is 3.56. The van der Waals surface area contributed by atoms with Crippen molar-refractivity contribution in [2.45, 2.75) is 30.0 Å². The molecule has 0 saturated heterocycles. The maximum atomic E-state index is 13.5. The first-order chi connectivity index (χ1) is 16.1. The summed E-state index contributed by atoms with van der Waals surface area (Å²) in [5.41, 5.74) is 3.21. The van der Waals surface area contributed by atoms with Crippen LogP contribution < -0.4 is 9.62 Å². The average Bonchev–Trinajstić information content (AvgIpc) is 3.25. The van der Waals surface area contributed by atoms with Gasteiger partial charge in [0.05, 0.1) is 23.4 Å². The number of methoxy groups -OCH3 is 1. The molecule has 1 aromatic heterocycles. The highest BCUT2D eigenvalue weighted by atomic mass is 32.2. The summed E-state index contributed by atoms with van der Waals surface area (Å²) in [5, 5.41) is 10.6. The standard InChI is InChI=1S/C22H24N4O5S3/c1-14-5-9-18(10-6-14)34(29,30)26(17-8-7-15(2)16(3)11-17)12-19(27)23-21-24-25-22(33-21)32-13-20(28)31-4/h5-11H,12-13H2,1-4H3,(H,23,24,27). The normalized spacial score (nSPS) is 11.2. The first-order valence-corrected chi connectivity index (χ1v) is 13.3. The van der Waals surface area contributed by atoms with Crippen molar-refractivity contribution in [1.29, 1.82) is 0 Å². The number of rotatable bonds is 9. The first-order valence-electron chi connectivity index (χ1n) is 10.1. The third-order valence-corrected chi connectivity index (χ3v) is 8.60. The SMILES string of the molecule is COC(=O)CSc1nnc(NC(=O)CN(c2ccc(C)c(C)c2)S(=O)(=O)c2ccc(C)cc2)s1. The van der Waals surface area contributed by atoms with Gasteiger partial charge in [-0.05, 0) is 56.2 Å². The average molecular weight is 521 g/mol. The summed E-state index contributed by atoms with van der Waals surface area (Å²) in [6.07, 6.45) is 0. The Morgan fingerprint density at radius 1 is 1.06 bits per heavy atom. The van der Waals surface area contributed by atoms with E-state index in [4.69, 9.17) is 0 Å². The highest BCUT2D eigenvalue weighted by molar-refractivity contribution is 8.01. The molecule has 180 valence electrons. The highest BCUT2D eigenvalue weighted by Crippen LogP contribution is 2.28. The third-order valence-electron chi connectivity index (χ3n) is 4.87. The van der Waals surface area contributed by atoms with Crippen LogP contribution in [0.4, 0.5) is 10.8 Å². The molecule has 0 unspecified atom stereocenters. The van der Waals surface area contributed by atoms with Crippen LogP contribution in [-0.2, 0) is 24.3 Å². The van der Waals surface area contributed by atoms with Gasteiger partial charge in [-0.25, -0.2) is 8.42 Å². The van der Waals surface area contributed by atoms with Crippen LogP contribution in [0.5, 0.6) is 0 Å². The molecule has 0 spiro atoms. The van der Waals surface area contributed by atoms with E-state index in [0.717, 1.165) is 44.1 Å². The Labute approximate surface area is 206 Å². The molecule has 0 aliphatic heterocycles. The molecular weight excluding hydrogens is 496 g/mol. The molecule has 1 N–H and O–H groups in total. The van der Waals surface area contributed by atoms with Crippen LogP contribution in [-0.4, -0.2) is 49.9 Å². The van der Waals surface area contributed by atoms with Crippen LogP contribution >= 0.6 is 23.1 Å². The Kier molecular flexibility index (Phi) is 8.28. The Balaban J connectivity index is 1.83. The van der Waals surface area contributed by atoms with E-state index in [1.165, 1.54) is 19.2 Å². The molecular formula is C22H24N4O5S3. The second-order valence-electron chi connectivity index (χ2n) is 7.38. The minimum atomic E-state index is -4.02. The zero-order valence-corrected chi connectivity index (χ0v) is 21.5. The van der Waals surface area contributed by atoms with Crippen LogP contribution in [0.25, 0.3) is 0 Å². The zero-order chi connectivity index (χ0) is 24.9. The zero-order valence-electron chi connectivity index (χ0n) is 19.1. The lowest BCUT2D eigenvalue weighted by atomic mass is 10.1. The number of carbonyl (C=O) groups excluding carboxylic acids is 2. The molecule has 0 saturated carbocycles. The molecule has 34 heavy (non-hydrogen) atoms. The second kappa shape index (κ2) is 11.0. The van der Waals surface area contributed by atoms with Crippen molar-refractivity contribution in [1.82, 2.24) is 10.2 Å². The van der Waals surface area contributed by atoms with Gasteiger partial charge >= 0.3 is 5.97 Å². The van der Waals surface area contributed by atoms with Gasteiger partial charge in [0.1, 0.15) is 6.54 Å². The van der Waals surface area contributed by atoms with E-state index in [0.29, 0.717) is 10.0 Å². The van der Waals surface area contributed by atoms with Crippen LogP contribution in [0.2, 0.25) is 0 Å². The van der Waals surface area contributed by atoms with Gasteiger partial charge in [-0.1, -0.05) is 46.9 Å². The summed E-state index contributed by atoms with van der Waals surface area (Å²) in [6.45, 7) is 5.22. The van der Waals surface area contributed by atoms with Gasteiger partial charge in [0.2, 0.25) is 11.0 Å². The van der Waals surface area contributed by atoms with Crippen LogP contribution in [0.3, 0.4) is 0 Å². The lowest BCUT2D eigenvalue weighted by Gasteiger charge is -2.24. The van der Waals surface area contributed by atoms with Crippen LogP contribution in [0.1, 0.15) is 16.7 Å². The number of nitrogens with one attached hydrogen (secondary N) is 1. The summed E-state index contributed by atoms with van der Waals surface area (Å²) in [5.74, 6) is -0.917. The molecule has 1 amide bonds. The Morgan fingerprint density at radius 3 is 2.41 bits per heavy atom. The maximum Gasteiger partial charge on any atom is 0.316 e. The summed E-state index contributed by atoms with van der Waals surface area (Å²) in [6, 6.07) is 11.7. The fraction of sp³-hybridized carbons (Fsp3) is 0.273. The van der Waals surface area contributed by atoms with Crippen LogP contribution in [0.15, 0.2) is 51.7 Å². The molecule has 2 aromatic carbocycles. The van der Waals surface area contributed by atoms with Crippen molar-refractivity contribution in [3.8, 4) is 0 Å². The van der Waals surface area contributed by atoms with Crippen molar-refractivity contribution in [2.75, 3.05) is 29.0 Å². The number of anilines is 2. The summed E-state index contributed by atoms with van der Waals surface area (Å²) in [7, 11) is -2.73. The Hall–Kier alpha value is -2.96. The number of carbonyl (C=O) groups is 2. The van der Waals surface area contributed by atoms with E-state index >= 15 is 0 Å². The largest absolute Gasteiger partial charge is 0.468 e. The number of sulfonamides is 1. The number of hydrogen-bond donors (Lipinski definition) is 1. The fourth-order valence-corrected chi connectivity index (χ4v) is 5.83. The minimum Gasteiger partial charge on any atom is -0.468 e. The number of thioether (sulfide) groups is 1. The van der Waals surface area contributed by atoms with Crippen molar-refractivity contribution < 1.29 is 22.7 Å². The number of aromatic nitrogens is 2. The van der Waals surface area contributed by atoms with Crippen molar-refractivity contribution in [2.24, 2.45) is 0 Å². The molecule has 9 nitrogen and oxygen atoms in total. The number of benzene rings is 2. The minimum absolute atomic E-state index is 0.0639.